The number of hydrogen-bond acceptors (Lipinski definition) is 5. The number of aromatic nitrogens is 2. The van der Waals surface area contributed by atoms with Crippen LogP contribution in [0.15, 0.2) is 61.1 Å². The molecule has 3 rings (SSSR count). The van der Waals surface area contributed by atoms with Gasteiger partial charge in [0.2, 0.25) is 0 Å². The maximum absolute atomic E-state index is 13.5. The first-order valence-electron chi connectivity index (χ1n) is 11.1. The fraction of sp³-hybridized carbons (Fsp3) is 0.308. The molecule has 0 aliphatic rings. The Hall–Kier alpha value is -3.74. The van der Waals surface area contributed by atoms with Crippen LogP contribution in [0.25, 0.3) is 11.1 Å². The summed E-state index contributed by atoms with van der Waals surface area (Å²) in [7, 11) is 0. The highest BCUT2D eigenvalue weighted by Crippen LogP contribution is 2.29. The summed E-state index contributed by atoms with van der Waals surface area (Å²) in [5.41, 5.74) is 3.97. The molecule has 2 amide bonds. The number of rotatable bonds is 7. The van der Waals surface area contributed by atoms with Crippen LogP contribution in [0.4, 0.5) is 16.3 Å². The van der Waals surface area contributed by atoms with Gasteiger partial charge in [0.15, 0.2) is 5.82 Å². The van der Waals surface area contributed by atoms with Gasteiger partial charge in [-0.3, -0.25) is 19.6 Å². The van der Waals surface area contributed by atoms with Gasteiger partial charge in [0.05, 0.1) is 12.3 Å². The third kappa shape index (κ3) is 5.74. The quantitative estimate of drug-likeness (QED) is 0.480. The van der Waals surface area contributed by atoms with Crippen molar-refractivity contribution in [3.05, 3.63) is 72.2 Å². The minimum Gasteiger partial charge on any atom is -0.446 e. The second-order valence-electron chi connectivity index (χ2n) is 7.92. The Balaban J connectivity index is 2.11. The zero-order chi connectivity index (χ0) is 24.0. The van der Waals surface area contributed by atoms with Crippen molar-refractivity contribution in [1.29, 1.82) is 0 Å². The Morgan fingerprint density at radius 3 is 2.21 bits per heavy atom. The Labute approximate surface area is 195 Å². The number of benzene rings is 2. The molecule has 2 aromatic carbocycles. The van der Waals surface area contributed by atoms with Crippen molar-refractivity contribution in [2.75, 3.05) is 22.9 Å². The molecule has 7 heteroatoms. The number of hydrogen-bond donors (Lipinski definition) is 0. The number of carbonyl (C=O) groups excluding carboxylic acids is 2. The van der Waals surface area contributed by atoms with Crippen LogP contribution in [0.2, 0.25) is 0 Å². The average molecular weight is 447 g/mol. The van der Waals surface area contributed by atoms with Crippen molar-refractivity contribution >= 4 is 23.5 Å². The third-order valence-corrected chi connectivity index (χ3v) is 5.12. The SMILES string of the molecule is CCN(C(=O)OC(C)C)c1cc(C(=O)N(CC)c2cnccn2)cc(-c2ccc(C)cc2)c1. The Kier molecular flexibility index (Phi) is 7.77. The van der Waals surface area contributed by atoms with Gasteiger partial charge in [-0.1, -0.05) is 29.8 Å². The summed E-state index contributed by atoms with van der Waals surface area (Å²) >= 11 is 0. The van der Waals surface area contributed by atoms with E-state index in [4.69, 9.17) is 4.74 Å². The highest BCUT2D eigenvalue weighted by molar-refractivity contribution is 6.07. The summed E-state index contributed by atoms with van der Waals surface area (Å²) in [5, 5.41) is 0. The highest BCUT2D eigenvalue weighted by atomic mass is 16.6. The highest BCUT2D eigenvalue weighted by Gasteiger charge is 2.23. The van der Waals surface area contributed by atoms with Crippen molar-refractivity contribution in [1.82, 2.24) is 9.97 Å². The Bertz CT molecular complexity index is 1100. The zero-order valence-corrected chi connectivity index (χ0v) is 19.8. The van der Waals surface area contributed by atoms with Crippen LogP contribution in [0.3, 0.4) is 0 Å². The molecule has 0 saturated carbocycles. The zero-order valence-electron chi connectivity index (χ0n) is 19.8. The average Bonchev–Trinajstić information content (AvgIpc) is 2.80. The number of anilines is 2. The minimum atomic E-state index is -0.451. The van der Waals surface area contributed by atoms with Gasteiger partial charge in [-0.25, -0.2) is 9.78 Å². The minimum absolute atomic E-state index is 0.221. The van der Waals surface area contributed by atoms with Crippen molar-refractivity contribution in [3.8, 4) is 11.1 Å². The van der Waals surface area contributed by atoms with Crippen LogP contribution in [0.5, 0.6) is 0 Å². The molecule has 1 aromatic heterocycles. The van der Waals surface area contributed by atoms with Crippen LogP contribution < -0.4 is 9.80 Å². The van der Waals surface area contributed by atoms with Gasteiger partial charge >= 0.3 is 6.09 Å². The van der Waals surface area contributed by atoms with Crippen LogP contribution >= 0.6 is 0 Å². The lowest BCUT2D eigenvalue weighted by Gasteiger charge is -2.24. The number of nitrogens with zero attached hydrogens (tertiary/aromatic N) is 4. The molecule has 0 saturated heterocycles. The molecular formula is C26H30N4O3. The van der Waals surface area contributed by atoms with Gasteiger partial charge < -0.3 is 4.74 Å². The molecule has 33 heavy (non-hydrogen) atoms. The number of carbonyl (C=O) groups is 2. The second kappa shape index (κ2) is 10.7. The number of amides is 2. The summed E-state index contributed by atoms with van der Waals surface area (Å²) in [6, 6.07) is 13.5. The molecule has 3 aromatic rings. The molecule has 0 N–H and O–H groups in total. The topological polar surface area (TPSA) is 75.6 Å². The predicted molar refractivity (Wildman–Crippen MR) is 131 cm³/mol. The van der Waals surface area contributed by atoms with Crippen molar-refractivity contribution in [2.45, 2.75) is 40.7 Å². The van der Waals surface area contributed by atoms with Gasteiger partial charge in [-0.2, -0.15) is 0 Å². The van der Waals surface area contributed by atoms with E-state index in [2.05, 4.69) is 9.97 Å². The largest absolute Gasteiger partial charge is 0.446 e. The normalized spacial score (nSPS) is 10.7. The lowest BCUT2D eigenvalue weighted by molar-refractivity contribution is 0.0987. The molecule has 172 valence electrons. The van der Waals surface area contributed by atoms with Gasteiger partial charge in [-0.05, 0) is 63.9 Å². The summed E-state index contributed by atoms with van der Waals surface area (Å²) in [6.07, 6.45) is 3.98. The fourth-order valence-electron chi connectivity index (χ4n) is 3.48. The number of ether oxygens (including phenoxy) is 1. The van der Waals surface area contributed by atoms with Crippen molar-refractivity contribution in [3.63, 3.8) is 0 Å². The maximum atomic E-state index is 13.5. The first-order chi connectivity index (χ1) is 15.8. The van der Waals surface area contributed by atoms with E-state index in [0.717, 1.165) is 16.7 Å². The van der Waals surface area contributed by atoms with Gasteiger partial charge in [0, 0.05) is 36.7 Å². The molecule has 1 heterocycles. The summed E-state index contributed by atoms with van der Waals surface area (Å²) in [5.74, 6) is 0.250. The van der Waals surface area contributed by atoms with E-state index in [1.165, 1.54) is 4.90 Å². The third-order valence-electron chi connectivity index (χ3n) is 5.12. The predicted octanol–water partition coefficient (Wildman–Crippen LogP) is 5.49. The van der Waals surface area contributed by atoms with E-state index in [9.17, 15) is 9.59 Å². The van der Waals surface area contributed by atoms with E-state index < -0.39 is 6.09 Å². The molecule has 0 atom stereocenters. The monoisotopic (exact) mass is 446 g/mol. The molecule has 0 radical (unpaired) electrons. The lowest BCUT2D eigenvalue weighted by Crippen LogP contribution is -2.34. The molecule has 0 spiro atoms. The van der Waals surface area contributed by atoms with E-state index in [1.54, 1.807) is 29.6 Å². The first kappa shape index (κ1) is 23.9. The maximum Gasteiger partial charge on any atom is 0.414 e. The smallest absolute Gasteiger partial charge is 0.414 e. The lowest BCUT2D eigenvalue weighted by atomic mass is 10.00. The van der Waals surface area contributed by atoms with Gasteiger partial charge in [0.1, 0.15) is 0 Å². The van der Waals surface area contributed by atoms with Crippen LogP contribution in [0, 0.1) is 6.92 Å². The summed E-state index contributed by atoms with van der Waals surface area (Å²) in [4.78, 5) is 37.8. The van der Waals surface area contributed by atoms with E-state index >= 15 is 0 Å². The Morgan fingerprint density at radius 1 is 0.939 bits per heavy atom. The molecule has 0 aliphatic heterocycles. The fourth-order valence-corrected chi connectivity index (χ4v) is 3.48. The standard InChI is InChI=1S/C26H30N4O3/c1-6-29(26(32)33-18(3)4)23-15-21(20-10-8-19(5)9-11-20)14-22(16-23)25(31)30(7-2)24-17-27-12-13-28-24/h8-18H,6-7H2,1-5H3. The number of aryl methyl sites for hydroxylation is 1. The Morgan fingerprint density at radius 2 is 1.64 bits per heavy atom. The van der Waals surface area contributed by atoms with Crippen LogP contribution in [-0.4, -0.2) is 41.2 Å². The van der Waals surface area contributed by atoms with Crippen LogP contribution in [-0.2, 0) is 4.74 Å². The molecule has 0 unspecified atom stereocenters. The molecule has 7 nitrogen and oxygen atoms in total. The molecule has 0 aliphatic carbocycles. The van der Waals surface area contributed by atoms with Crippen molar-refractivity contribution in [2.24, 2.45) is 0 Å². The van der Waals surface area contributed by atoms with Gasteiger partial charge in [0.25, 0.3) is 5.91 Å². The van der Waals surface area contributed by atoms with Crippen LogP contribution in [0.1, 0.15) is 43.6 Å². The van der Waals surface area contributed by atoms with E-state index in [-0.39, 0.29) is 12.0 Å². The second-order valence-corrected chi connectivity index (χ2v) is 7.92. The molecular weight excluding hydrogens is 416 g/mol. The summed E-state index contributed by atoms with van der Waals surface area (Å²) < 4.78 is 5.43. The first-order valence-corrected chi connectivity index (χ1v) is 11.1. The summed E-state index contributed by atoms with van der Waals surface area (Å²) in [6.45, 7) is 10.2. The molecule has 0 fully saturated rings. The van der Waals surface area contributed by atoms with E-state index in [1.807, 2.05) is 71.0 Å². The van der Waals surface area contributed by atoms with Gasteiger partial charge in [-0.15, -0.1) is 0 Å². The van der Waals surface area contributed by atoms with E-state index in [0.29, 0.717) is 30.2 Å². The molecule has 0 bridgehead atoms. The van der Waals surface area contributed by atoms with Crippen molar-refractivity contribution < 1.29 is 14.3 Å².